The van der Waals surface area contributed by atoms with Crippen molar-refractivity contribution in [2.75, 3.05) is 0 Å². The number of nitrogens with one attached hydrogen (secondary N) is 2. The predicted octanol–water partition coefficient (Wildman–Crippen LogP) is 6.39. The van der Waals surface area contributed by atoms with Crippen LogP contribution in [-0.4, -0.2) is 27.7 Å². The molecule has 4 aromatic carbocycles. The Bertz CT molecular complexity index is 1640. The molecule has 2 heterocycles. The quantitative estimate of drug-likeness (QED) is 0.284. The molecule has 0 fully saturated rings. The maximum atomic E-state index is 13.9. The third-order valence-electron chi connectivity index (χ3n) is 7.46. The molecule has 2 N–H and O–H groups in total. The van der Waals surface area contributed by atoms with Crippen LogP contribution in [-0.2, 0) is 11.3 Å². The number of amides is 2. The van der Waals surface area contributed by atoms with Crippen LogP contribution < -0.4 is 5.32 Å². The van der Waals surface area contributed by atoms with Crippen molar-refractivity contribution in [2.24, 2.45) is 0 Å². The number of H-pyrrole nitrogens is 1. The summed E-state index contributed by atoms with van der Waals surface area (Å²) in [5.41, 5.74) is 7.75. The van der Waals surface area contributed by atoms with E-state index in [1.165, 1.54) is 5.56 Å². The Labute approximate surface area is 222 Å². The molecule has 38 heavy (non-hydrogen) atoms. The van der Waals surface area contributed by atoms with E-state index in [4.69, 9.17) is 0 Å². The monoisotopic (exact) mass is 499 g/mol. The number of hydrogen-bond acceptors (Lipinski definition) is 2. The highest BCUT2D eigenvalue weighted by atomic mass is 16.2. The number of fused-ring (bicyclic) bond motifs is 2. The number of aryl methyl sites for hydroxylation is 1. The lowest BCUT2D eigenvalue weighted by molar-refractivity contribution is -0.125. The van der Waals surface area contributed by atoms with E-state index < -0.39 is 12.1 Å². The van der Waals surface area contributed by atoms with Gasteiger partial charge in [-0.1, -0.05) is 96.6 Å². The van der Waals surface area contributed by atoms with Crippen LogP contribution >= 0.6 is 0 Å². The molecule has 188 valence electrons. The molecular formula is C33H29N3O2. The summed E-state index contributed by atoms with van der Waals surface area (Å²) in [5, 5.41) is 4.08. The van der Waals surface area contributed by atoms with E-state index in [-0.39, 0.29) is 11.8 Å². The van der Waals surface area contributed by atoms with E-state index in [0.29, 0.717) is 12.1 Å². The third kappa shape index (κ3) is 4.06. The molecular weight excluding hydrogens is 470 g/mol. The summed E-state index contributed by atoms with van der Waals surface area (Å²) in [6, 6.07) is 33.0. The molecule has 5 aromatic rings. The minimum absolute atomic E-state index is 0.131. The Kier molecular flexibility index (Phi) is 6.04. The number of aromatic nitrogens is 1. The zero-order chi connectivity index (χ0) is 26.2. The summed E-state index contributed by atoms with van der Waals surface area (Å²) >= 11 is 0. The third-order valence-corrected chi connectivity index (χ3v) is 7.46. The van der Waals surface area contributed by atoms with Crippen molar-refractivity contribution in [3.8, 4) is 11.3 Å². The van der Waals surface area contributed by atoms with Gasteiger partial charge in [-0.3, -0.25) is 9.59 Å². The SMILES string of the molecule is Cc1ccc(-c2[nH]c3ccccc3c2[C@H]2c3ccccc3C(=O)N2[C@H](C)C(=O)NCc2ccccc2)cc1. The molecule has 0 saturated carbocycles. The van der Waals surface area contributed by atoms with Crippen molar-refractivity contribution in [2.45, 2.75) is 32.5 Å². The first-order chi connectivity index (χ1) is 18.5. The van der Waals surface area contributed by atoms with Gasteiger partial charge in [0.2, 0.25) is 5.91 Å². The first-order valence-corrected chi connectivity index (χ1v) is 12.9. The fourth-order valence-corrected chi connectivity index (χ4v) is 5.49. The zero-order valence-electron chi connectivity index (χ0n) is 21.4. The Morgan fingerprint density at radius 1 is 0.895 bits per heavy atom. The number of nitrogens with zero attached hydrogens (tertiary/aromatic N) is 1. The molecule has 5 nitrogen and oxygen atoms in total. The summed E-state index contributed by atoms with van der Waals surface area (Å²) in [7, 11) is 0. The summed E-state index contributed by atoms with van der Waals surface area (Å²) < 4.78 is 0. The Hall–Kier alpha value is -4.64. The van der Waals surface area contributed by atoms with Crippen LogP contribution in [0.1, 0.15) is 45.6 Å². The van der Waals surface area contributed by atoms with Crippen molar-refractivity contribution in [1.82, 2.24) is 15.2 Å². The van der Waals surface area contributed by atoms with Crippen LogP contribution in [0.3, 0.4) is 0 Å². The van der Waals surface area contributed by atoms with Gasteiger partial charge >= 0.3 is 0 Å². The van der Waals surface area contributed by atoms with E-state index in [9.17, 15) is 9.59 Å². The molecule has 2 atom stereocenters. The number of para-hydroxylation sites is 1. The standard InChI is InChI=1S/C33H29N3O2/c1-21-16-18-24(19-17-21)30-29(27-14-8-9-15-28(27)35-30)31-25-12-6-7-13-26(25)33(38)36(31)22(2)32(37)34-20-23-10-4-3-5-11-23/h3-19,22,31,35H,20H2,1-2H3,(H,34,37)/t22-,31-/m1/s1. The fourth-order valence-electron chi connectivity index (χ4n) is 5.49. The van der Waals surface area contributed by atoms with Gasteiger partial charge in [-0.2, -0.15) is 0 Å². The van der Waals surface area contributed by atoms with E-state index in [1.807, 2.05) is 73.7 Å². The highest BCUT2D eigenvalue weighted by molar-refractivity contribution is 6.04. The Morgan fingerprint density at radius 2 is 1.58 bits per heavy atom. The van der Waals surface area contributed by atoms with Crippen LogP contribution in [0.5, 0.6) is 0 Å². The molecule has 2 amide bonds. The summed E-state index contributed by atoms with van der Waals surface area (Å²) in [6.07, 6.45) is 0. The second kappa shape index (κ2) is 9.67. The van der Waals surface area contributed by atoms with Crippen LogP contribution in [0.2, 0.25) is 0 Å². The Morgan fingerprint density at radius 3 is 2.37 bits per heavy atom. The van der Waals surface area contributed by atoms with Crippen LogP contribution in [0, 0.1) is 6.92 Å². The van der Waals surface area contributed by atoms with Gasteiger partial charge in [-0.15, -0.1) is 0 Å². The summed E-state index contributed by atoms with van der Waals surface area (Å²) in [4.78, 5) is 32.7. The molecule has 0 unspecified atom stereocenters. The first kappa shape index (κ1) is 23.7. The largest absolute Gasteiger partial charge is 0.354 e. The van der Waals surface area contributed by atoms with Crippen LogP contribution in [0.4, 0.5) is 0 Å². The molecule has 0 spiro atoms. The van der Waals surface area contributed by atoms with Crippen LogP contribution in [0.15, 0.2) is 103 Å². The van der Waals surface area contributed by atoms with Gasteiger partial charge in [0.1, 0.15) is 6.04 Å². The first-order valence-electron chi connectivity index (χ1n) is 12.9. The molecule has 0 bridgehead atoms. The number of rotatable bonds is 6. The lowest BCUT2D eigenvalue weighted by Crippen LogP contribution is -2.46. The second-order valence-corrected chi connectivity index (χ2v) is 9.91. The van der Waals surface area contributed by atoms with E-state index in [0.717, 1.165) is 38.9 Å². The van der Waals surface area contributed by atoms with Crippen molar-refractivity contribution >= 4 is 22.7 Å². The number of carbonyl (C=O) groups is 2. The Balaban J connectivity index is 1.47. The molecule has 1 aliphatic heterocycles. The van der Waals surface area contributed by atoms with Gasteiger partial charge in [0.25, 0.3) is 5.91 Å². The van der Waals surface area contributed by atoms with Gasteiger partial charge in [0, 0.05) is 28.6 Å². The average Bonchev–Trinajstić information content (AvgIpc) is 3.47. The lowest BCUT2D eigenvalue weighted by atomic mass is 9.92. The fraction of sp³-hybridized carbons (Fsp3) is 0.152. The lowest BCUT2D eigenvalue weighted by Gasteiger charge is -2.31. The van der Waals surface area contributed by atoms with Crippen molar-refractivity contribution in [3.63, 3.8) is 0 Å². The van der Waals surface area contributed by atoms with Gasteiger partial charge < -0.3 is 15.2 Å². The minimum atomic E-state index is -0.678. The van der Waals surface area contributed by atoms with Gasteiger partial charge in [0.15, 0.2) is 0 Å². The average molecular weight is 500 g/mol. The van der Waals surface area contributed by atoms with Crippen LogP contribution in [0.25, 0.3) is 22.2 Å². The molecule has 0 aliphatic carbocycles. The van der Waals surface area contributed by atoms with Crippen molar-refractivity contribution in [1.29, 1.82) is 0 Å². The zero-order valence-corrected chi connectivity index (χ0v) is 21.4. The number of hydrogen-bond donors (Lipinski definition) is 2. The second-order valence-electron chi connectivity index (χ2n) is 9.91. The van der Waals surface area contributed by atoms with Crippen molar-refractivity contribution < 1.29 is 9.59 Å². The number of benzene rings is 4. The van der Waals surface area contributed by atoms with E-state index >= 15 is 0 Å². The molecule has 6 rings (SSSR count). The number of carbonyl (C=O) groups excluding carboxylic acids is 2. The molecule has 0 radical (unpaired) electrons. The smallest absolute Gasteiger partial charge is 0.255 e. The highest BCUT2D eigenvalue weighted by Crippen LogP contribution is 2.46. The maximum absolute atomic E-state index is 13.9. The topological polar surface area (TPSA) is 65.2 Å². The van der Waals surface area contributed by atoms with Gasteiger partial charge in [0.05, 0.1) is 11.7 Å². The maximum Gasteiger partial charge on any atom is 0.255 e. The highest BCUT2D eigenvalue weighted by Gasteiger charge is 2.44. The molecule has 5 heteroatoms. The van der Waals surface area contributed by atoms with Gasteiger partial charge in [-0.05, 0) is 42.7 Å². The predicted molar refractivity (Wildman–Crippen MR) is 151 cm³/mol. The molecule has 0 saturated heterocycles. The summed E-state index contributed by atoms with van der Waals surface area (Å²) in [5.74, 6) is -0.315. The normalized spacial score (nSPS) is 15.5. The van der Waals surface area contributed by atoms with Crippen molar-refractivity contribution in [3.05, 3.63) is 131 Å². The van der Waals surface area contributed by atoms with E-state index in [1.54, 1.807) is 4.90 Å². The van der Waals surface area contributed by atoms with E-state index in [2.05, 4.69) is 53.6 Å². The molecule has 1 aromatic heterocycles. The van der Waals surface area contributed by atoms with Gasteiger partial charge in [-0.25, -0.2) is 0 Å². The minimum Gasteiger partial charge on any atom is -0.354 e. The molecule has 1 aliphatic rings. The number of aromatic amines is 1. The summed E-state index contributed by atoms with van der Waals surface area (Å²) in [6.45, 7) is 4.29.